The molecule has 114 valence electrons. The molecule has 1 atom stereocenters. The Morgan fingerprint density at radius 1 is 0.737 bits per heavy atom. The van der Waals surface area contributed by atoms with Crippen molar-refractivity contribution in [1.82, 2.24) is 0 Å². The molecule has 0 rings (SSSR count). The Morgan fingerprint density at radius 3 is 1.63 bits per heavy atom. The summed E-state index contributed by atoms with van der Waals surface area (Å²) >= 11 is 0. The molecule has 2 nitrogen and oxygen atoms in total. The Balaban J connectivity index is 3.27. The van der Waals surface area contributed by atoms with Crippen molar-refractivity contribution in [1.29, 1.82) is 0 Å². The molecule has 0 aromatic rings. The largest absolute Gasteiger partial charge is 0.481 e. The van der Waals surface area contributed by atoms with Crippen molar-refractivity contribution >= 4 is 5.97 Å². The first-order valence-electron chi connectivity index (χ1n) is 8.45. The van der Waals surface area contributed by atoms with Crippen LogP contribution in [0.1, 0.15) is 97.3 Å². The van der Waals surface area contributed by atoms with E-state index in [2.05, 4.69) is 13.8 Å². The van der Waals surface area contributed by atoms with Crippen molar-refractivity contribution < 1.29 is 9.90 Å². The molecule has 0 aliphatic rings. The molecule has 1 unspecified atom stereocenters. The normalized spacial score (nSPS) is 12.5. The van der Waals surface area contributed by atoms with Gasteiger partial charge in [0.05, 0.1) is 5.92 Å². The lowest BCUT2D eigenvalue weighted by Gasteiger charge is -2.10. The lowest BCUT2D eigenvalue weighted by atomic mass is 9.96. The van der Waals surface area contributed by atoms with Crippen molar-refractivity contribution in [3.8, 4) is 0 Å². The number of hydrogen-bond acceptors (Lipinski definition) is 1. The second-order valence-corrected chi connectivity index (χ2v) is 5.79. The third kappa shape index (κ3) is 12.3. The number of hydrogen-bond donors (Lipinski definition) is 1. The van der Waals surface area contributed by atoms with Gasteiger partial charge in [0.25, 0.3) is 0 Å². The Morgan fingerprint density at radius 2 is 1.21 bits per heavy atom. The van der Waals surface area contributed by atoms with E-state index in [0.717, 1.165) is 25.7 Å². The van der Waals surface area contributed by atoms with Gasteiger partial charge in [-0.25, -0.2) is 0 Å². The van der Waals surface area contributed by atoms with Crippen LogP contribution in [0.2, 0.25) is 0 Å². The summed E-state index contributed by atoms with van der Waals surface area (Å²) in [7, 11) is 0. The van der Waals surface area contributed by atoms with E-state index in [0.29, 0.717) is 0 Å². The molecule has 2 heteroatoms. The minimum atomic E-state index is -0.599. The van der Waals surface area contributed by atoms with Crippen LogP contribution in [0.25, 0.3) is 0 Å². The molecule has 0 bridgehead atoms. The van der Waals surface area contributed by atoms with Crippen molar-refractivity contribution in [2.45, 2.75) is 97.3 Å². The lowest BCUT2D eigenvalue weighted by Crippen LogP contribution is -2.13. The van der Waals surface area contributed by atoms with Gasteiger partial charge in [-0.2, -0.15) is 0 Å². The van der Waals surface area contributed by atoms with E-state index in [1.54, 1.807) is 0 Å². The minimum Gasteiger partial charge on any atom is -0.481 e. The van der Waals surface area contributed by atoms with Crippen LogP contribution < -0.4 is 0 Å². The second-order valence-electron chi connectivity index (χ2n) is 5.79. The molecule has 0 spiro atoms. The molecular weight excluding hydrogens is 236 g/mol. The molecule has 0 radical (unpaired) electrons. The van der Waals surface area contributed by atoms with Crippen molar-refractivity contribution in [2.75, 3.05) is 0 Å². The first-order chi connectivity index (χ1) is 9.22. The Labute approximate surface area is 120 Å². The van der Waals surface area contributed by atoms with Gasteiger partial charge in [-0.3, -0.25) is 4.79 Å². The summed E-state index contributed by atoms with van der Waals surface area (Å²) < 4.78 is 0. The fourth-order valence-corrected chi connectivity index (χ4v) is 2.62. The van der Waals surface area contributed by atoms with Gasteiger partial charge in [0.1, 0.15) is 0 Å². The zero-order valence-electron chi connectivity index (χ0n) is 13.1. The number of carbonyl (C=O) groups is 1. The van der Waals surface area contributed by atoms with Gasteiger partial charge >= 0.3 is 5.97 Å². The van der Waals surface area contributed by atoms with E-state index in [4.69, 9.17) is 5.11 Å². The fraction of sp³-hybridized carbons (Fsp3) is 0.941. The SMILES string of the molecule is CCCCCCCCCCCCC(CCC)C(=O)O. The standard InChI is InChI=1S/C17H34O2/c1-3-5-6-7-8-9-10-11-12-13-15-16(14-4-2)17(18)19/h16H,3-15H2,1-2H3,(H,18,19). The third-order valence-electron chi connectivity index (χ3n) is 3.89. The van der Waals surface area contributed by atoms with E-state index in [1.165, 1.54) is 57.8 Å². The van der Waals surface area contributed by atoms with Crippen LogP contribution in [0.4, 0.5) is 0 Å². The molecule has 0 aromatic heterocycles. The summed E-state index contributed by atoms with van der Waals surface area (Å²) in [5.41, 5.74) is 0. The quantitative estimate of drug-likeness (QED) is 0.405. The van der Waals surface area contributed by atoms with E-state index >= 15 is 0 Å². The van der Waals surface area contributed by atoms with E-state index in [-0.39, 0.29) is 5.92 Å². The molecule has 0 aliphatic carbocycles. The highest BCUT2D eigenvalue weighted by Gasteiger charge is 2.15. The van der Waals surface area contributed by atoms with E-state index in [9.17, 15) is 4.79 Å². The first kappa shape index (κ1) is 18.5. The molecule has 1 N–H and O–H groups in total. The maximum Gasteiger partial charge on any atom is 0.306 e. The fourth-order valence-electron chi connectivity index (χ4n) is 2.62. The highest BCUT2D eigenvalue weighted by atomic mass is 16.4. The Kier molecular flexibility index (Phi) is 13.5. The third-order valence-corrected chi connectivity index (χ3v) is 3.89. The second kappa shape index (κ2) is 13.9. The topological polar surface area (TPSA) is 37.3 Å². The van der Waals surface area contributed by atoms with Crippen LogP contribution in [-0.2, 0) is 4.79 Å². The van der Waals surface area contributed by atoms with Crippen LogP contribution in [0.15, 0.2) is 0 Å². The molecule has 0 amide bonds. The number of carboxylic acid groups (broad SMARTS) is 1. The molecule has 0 aliphatic heterocycles. The maximum absolute atomic E-state index is 11.0. The van der Waals surface area contributed by atoms with Gasteiger partial charge in [-0.15, -0.1) is 0 Å². The zero-order valence-corrected chi connectivity index (χ0v) is 13.1. The number of rotatable bonds is 14. The predicted octanol–water partition coefficient (Wildman–Crippen LogP) is 5.80. The summed E-state index contributed by atoms with van der Waals surface area (Å²) in [6.07, 6.45) is 15.9. The van der Waals surface area contributed by atoms with E-state index < -0.39 is 5.97 Å². The molecule has 0 saturated carbocycles. The van der Waals surface area contributed by atoms with Crippen LogP contribution >= 0.6 is 0 Å². The minimum absolute atomic E-state index is 0.0981. The highest BCUT2D eigenvalue weighted by Crippen LogP contribution is 2.17. The molecule has 0 aromatic carbocycles. The summed E-state index contributed by atoms with van der Waals surface area (Å²) in [6.45, 7) is 4.32. The summed E-state index contributed by atoms with van der Waals surface area (Å²) in [4.78, 5) is 11.0. The van der Waals surface area contributed by atoms with Crippen molar-refractivity contribution in [3.63, 3.8) is 0 Å². The summed E-state index contributed by atoms with van der Waals surface area (Å²) in [5.74, 6) is -0.697. The zero-order chi connectivity index (χ0) is 14.3. The molecular formula is C17H34O2. The number of unbranched alkanes of at least 4 members (excludes halogenated alkanes) is 9. The Bertz CT molecular complexity index is 201. The van der Waals surface area contributed by atoms with Gasteiger partial charge in [0.15, 0.2) is 0 Å². The van der Waals surface area contributed by atoms with E-state index in [1.807, 2.05) is 0 Å². The summed E-state index contributed by atoms with van der Waals surface area (Å²) in [6, 6.07) is 0. The smallest absolute Gasteiger partial charge is 0.306 e. The first-order valence-corrected chi connectivity index (χ1v) is 8.45. The number of carboxylic acids is 1. The van der Waals surface area contributed by atoms with Gasteiger partial charge in [0, 0.05) is 0 Å². The van der Waals surface area contributed by atoms with Crippen LogP contribution in [0.3, 0.4) is 0 Å². The van der Waals surface area contributed by atoms with Gasteiger partial charge in [0.2, 0.25) is 0 Å². The summed E-state index contributed by atoms with van der Waals surface area (Å²) in [5, 5.41) is 9.05. The van der Waals surface area contributed by atoms with Crippen molar-refractivity contribution in [3.05, 3.63) is 0 Å². The molecule has 19 heavy (non-hydrogen) atoms. The van der Waals surface area contributed by atoms with Crippen LogP contribution in [-0.4, -0.2) is 11.1 Å². The Hall–Kier alpha value is -0.530. The monoisotopic (exact) mass is 270 g/mol. The average molecular weight is 270 g/mol. The number of aliphatic carboxylic acids is 1. The van der Waals surface area contributed by atoms with Crippen LogP contribution in [0.5, 0.6) is 0 Å². The molecule has 0 saturated heterocycles. The lowest BCUT2D eigenvalue weighted by molar-refractivity contribution is -0.142. The van der Waals surface area contributed by atoms with Gasteiger partial charge in [-0.05, 0) is 12.8 Å². The molecule has 0 heterocycles. The van der Waals surface area contributed by atoms with Crippen LogP contribution in [0, 0.1) is 5.92 Å². The predicted molar refractivity (Wildman–Crippen MR) is 82.5 cm³/mol. The maximum atomic E-state index is 11.0. The van der Waals surface area contributed by atoms with Gasteiger partial charge in [-0.1, -0.05) is 84.5 Å². The molecule has 0 fully saturated rings. The highest BCUT2D eigenvalue weighted by molar-refractivity contribution is 5.69. The van der Waals surface area contributed by atoms with Crippen molar-refractivity contribution in [2.24, 2.45) is 5.92 Å². The average Bonchev–Trinajstić information content (AvgIpc) is 2.39. The van der Waals surface area contributed by atoms with Gasteiger partial charge < -0.3 is 5.11 Å².